The summed E-state index contributed by atoms with van der Waals surface area (Å²) in [6.07, 6.45) is 1.83. The van der Waals surface area contributed by atoms with E-state index in [1.165, 1.54) is 4.90 Å². The smallest absolute Gasteiger partial charge is 0.240 e. The Morgan fingerprint density at radius 2 is 1.75 bits per heavy atom. The lowest BCUT2D eigenvalue weighted by Crippen LogP contribution is -2.43. The lowest BCUT2D eigenvalue weighted by molar-refractivity contribution is -0.131. The van der Waals surface area contributed by atoms with E-state index in [4.69, 9.17) is 14.7 Å². The van der Waals surface area contributed by atoms with Gasteiger partial charge in [-0.05, 0) is 50.1 Å². The van der Waals surface area contributed by atoms with Crippen LogP contribution in [-0.4, -0.2) is 29.6 Å². The van der Waals surface area contributed by atoms with Gasteiger partial charge in [-0.1, -0.05) is 30.3 Å². The third-order valence-corrected chi connectivity index (χ3v) is 8.03. The molecule has 7 nitrogen and oxygen atoms in total. The first-order valence-corrected chi connectivity index (χ1v) is 12.0. The first-order valence-electron chi connectivity index (χ1n) is 12.0. The second kappa shape index (κ2) is 7.91. The van der Waals surface area contributed by atoms with E-state index >= 15 is 0 Å². The summed E-state index contributed by atoms with van der Waals surface area (Å²) in [7, 11) is 0. The largest absolute Gasteiger partial charge is 0.493 e. The number of imide groups is 1. The van der Waals surface area contributed by atoms with Crippen LogP contribution in [0.2, 0.25) is 0 Å². The number of hydrogen-bond acceptors (Lipinski definition) is 6. The first-order chi connectivity index (χ1) is 17.4. The fourth-order valence-corrected chi connectivity index (χ4v) is 6.42. The monoisotopic (exact) mass is 477 g/mol. The molecule has 0 aliphatic carbocycles. The highest BCUT2D eigenvalue weighted by Gasteiger charge is 2.73. The number of fused-ring (bicyclic) bond motifs is 6. The van der Waals surface area contributed by atoms with Crippen LogP contribution in [0.3, 0.4) is 0 Å². The summed E-state index contributed by atoms with van der Waals surface area (Å²) >= 11 is 0. The maximum absolute atomic E-state index is 13.9. The normalized spacial score (nSPS) is 28.2. The molecule has 0 radical (unpaired) electrons. The van der Waals surface area contributed by atoms with Crippen LogP contribution < -0.4 is 9.64 Å². The van der Waals surface area contributed by atoms with Crippen molar-refractivity contribution in [2.45, 2.75) is 37.4 Å². The quantitative estimate of drug-likeness (QED) is 0.502. The summed E-state index contributed by atoms with van der Waals surface area (Å²) < 4.78 is 12.4. The summed E-state index contributed by atoms with van der Waals surface area (Å²) in [4.78, 5) is 29.0. The molecule has 0 aromatic heterocycles. The summed E-state index contributed by atoms with van der Waals surface area (Å²) in [5.41, 5.74) is 0.0266. The molecule has 3 aliphatic rings. The van der Waals surface area contributed by atoms with Crippen molar-refractivity contribution < 1.29 is 19.1 Å². The van der Waals surface area contributed by atoms with Crippen molar-refractivity contribution in [2.24, 2.45) is 11.8 Å². The minimum absolute atomic E-state index is 0.244. The van der Waals surface area contributed by atoms with Gasteiger partial charge >= 0.3 is 0 Å². The van der Waals surface area contributed by atoms with E-state index in [2.05, 4.69) is 12.1 Å². The van der Waals surface area contributed by atoms with E-state index in [0.29, 0.717) is 59.2 Å². The van der Waals surface area contributed by atoms with E-state index in [0.717, 1.165) is 0 Å². The zero-order chi connectivity index (χ0) is 25.1. The molecule has 7 heteroatoms. The van der Waals surface area contributed by atoms with Crippen molar-refractivity contribution in [3.63, 3.8) is 0 Å². The van der Waals surface area contributed by atoms with Crippen molar-refractivity contribution in [3.8, 4) is 17.9 Å². The minimum Gasteiger partial charge on any atom is -0.493 e. The molecule has 3 heterocycles. The molecule has 3 aliphatic heterocycles. The van der Waals surface area contributed by atoms with E-state index < -0.39 is 23.0 Å². The molecular weight excluding hydrogens is 454 g/mol. The molecule has 0 saturated carbocycles. The van der Waals surface area contributed by atoms with Gasteiger partial charge < -0.3 is 9.47 Å². The van der Waals surface area contributed by atoms with Crippen LogP contribution in [0.4, 0.5) is 5.69 Å². The zero-order valence-electron chi connectivity index (χ0n) is 19.7. The van der Waals surface area contributed by atoms with Gasteiger partial charge in [0.2, 0.25) is 11.8 Å². The first kappa shape index (κ1) is 22.3. The van der Waals surface area contributed by atoms with Crippen LogP contribution in [0.15, 0.2) is 60.7 Å². The van der Waals surface area contributed by atoms with Crippen LogP contribution in [0.1, 0.15) is 37.3 Å². The number of anilines is 1. The number of nitriles is 2. The number of benzene rings is 3. The van der Waals surface area contributed by atoms with Gasteiger partial charge in [0, 0.05) is 17.2 Å². The molecule has 3 fully saturated rings. The van der Waals surface area contributed by atoms with Crippen molar-refractivity contribution in [3.05, 3.63) is 71.8 Å². The SMILES string of the molecule is CC12CCC(CCOc3cccc(C#N)c3)(O1)C1C(=O)N(c3ccc(C#N)c4ccccc34)C(=O)C12. The van der Waals surface area contributed by atoms with Gasteiger partial charge in [0.05, 0.1) is 58.6 Å². The van der Waals surface area contributed by atoms with Crippen LogP contribution in [-0.2, 0) is 14.3 Å². The Bertz CT molecular complexity index is 1520. The fraction of sp³-hybridized carbons (Fsp3) is 0.310. The van der Waals surface area contributed by atoms with Gasteiger partial charge in [0.25, 0.3) is 0 Å². The van der Waals surface area contributed by atoms with Crippen molar-refractivity contribution >= 4 is 28.3 Å². The second-order valence-corrected chi connectivity index (χ2v) is 9.97. The predicted octanol–water partition coefficient (Wildman–Crippen LogP) is 4.48. The number of amides is 2. The maximum Gasteiger partial charge on any atom is 0.240 e. The molecule has 4 unspecified atom stereocenters. The van der Waals surface area contributed by atoms with Crippen LogP contribution in [0, 0.1) is 34.5 Å². The maximum atomic E-state index is 13.9. The van der Waals surface area contributed by atoms with Crippen molar-refractivity contribution in [2.75, 3.05) is 11.5 Å². The standard InChI is InChI=1S/C29H23N3O4/c1-28-11-12-29(36-28,13-14-35-20-6-4-5-18(15-20)16-30)25-24(28)26(33)32(27(25)34)23-10-9-19(17-31)21-7-2-3-8-22(21)23/h2-10,15,24-25H,11-14H2,1H3. The fourth-order valence-electron chi connectivity index (χ4n) is 6.42. The molecular formula is C29H23N3O4. The number of carbonyl (C=O) groups excluding carboxylic acids is 2. The minimum atomic E-state index is -0.782. The van der Waals surface area contributed by atoms with Crippen molar-refractivity contribution in [1.29, 1.82) is 10.5 Å². The average Bonchev–Trinajstić information content (AvgIpc) is 3.48. The summed E-state index contributed by atoms with van der Waals surface area (Å²) in [6.45, 7) is 2.23. The Labute approximate surface area is 208 Å². The molecule has 36 heavy (non-hydrogen) atoms. The van der Waals surface area contributed by atoms with Crippen LogP contribution in [0.25, 0.3) is 10.8 Å². The summed E-state index contributed by atoms with van der Waals surface area (Å²) in [5.74, 6) is -1.07. The number of ether oxygens (including phenoxy) is 2. The highest BCUT2D eigenvalue weighted by atomic mass is 16.5. The van der Waals surface area contributed by atoms with Gasteiger partial charge in [-0.2, -0.15) is 10.5 Å². The van der Waals surface area contributed by atoms with Gasteiger partial charge in [0.15, 0.2) is 0 Å². The van der Waals surface area contributed by atoms with E-state index in [1.54, 1.807) is 36.4 Å². The molecule has 0 spiro atoms. The molecule has 0 N–H and O–H groups in total. The van der Waals surface area contributed by atoms with Crippen LogP contribution >= 0.6 is 0 Å². The van der Waals surface area contributed by atoms with Gasteiger partial charge in [-0.15, -0.1) is 0 Å². The Hall–Kier alpha value is -4.20. The molecule has 2 bridgehead atoms. The summed E-state index contributed by atoms with van der Waals surface area (Å²) in [5, 5.41) is 20.1. The Morgan fingerprint density at radius 1 is 0.972 bits per heavy atom. The van der Waals surface area contributed by atoms with Gasteiger partial charge in [-0.25, -0.2) is 4.90 Å². The van der Waals surface area contributed by atoms with Gasteiger partial charge in [0.1, 0.15) is 5.75 Å². The Kier molecular flexibility index (Phi) is 4.90. The number of hydrogen-bond donors (Lipinski definition) is 0. The molecule has 6 rings (SSSR count). The Balaban J connectivity index is 1.32. The van der Waals surface area contributed by atoms with E-state index in [9.17, 15) is 14.9 Å². The summed E-state index contributed by atoms with van der Waals surface area (Å²) in [6, 6.07) is 21.9. The highest BCUT2D eigenvalue weighted by Crippen LogP contribution is 2.62. The number of carbonyl (C=O) groups is 2. The zero-order valence-corrected chi connectivity index (χ0v) is 19.7. The lowest BCUT2D eigenvalue weighted by Gasteiger charge is -2.31. The molecule has 3 saturated heterocycles. The van der Waals surface area contributed by atoms with Gasteiger partial charge in [-0.3, -0.25) is 9.59 Å². The topological polar surface area (TPSA) is 103 Å². The van der Waals surface area contributed by atoms with Crippen molar-refractivity contribution in [1.82, 2.24) is 0 Å². The molecule has 4 atom stereocenters. The second-order valence-electron chi connectivity index (χ2n) is 9.97. The lowest BCUT2D eigenvalue weighted by atomic mass is 9.67. The molecule has 2 amide bonds. The number of rotatable bonds is 5. The third-order valence-electron chi connectivity index (χ3n) is 8.03. The Morgan fingerprint density at radius 3 is 2.53 bits per heavy atom. The average molecular weight is 478 g/mol. The third kappa shape index (κ3) is 3.07. The molecule has 3 aromatic carbocycles. The van der Waals surface area contributed by atoms with E-state index in [-0.39, 0.29) is 11.8 Å². The molecule has 178 valence electrons. The molecule has 3 aromatic rings. The predicted molar refractivity (Wildman–Crippen MR) is 131 cm³/mol. The van der Waals surface area contributed by atoms with Crippen LogP contribution in [0.5, 0.6) is 5.75 Å². The highest BCUT2D eigenvalue weighted by molar-refractivity contribution is 6.26. The van der Waals surface area contributed by atoms with E-state index in [1.807, 2.05) is 31.2 Å². The number of nitrogens with zero attached hydrogens (tertiary/aromatic N) is 3.